The largest absolute Gasteiger partial charge is 0.497 e. The molecule has 1 N–H and O–H groups in total. The van der Waals surface area contributed by atoms with Crippen molar-refractivity contribution in [3.05, 3.63) is 71.8 Å². The monoisotopic (exact) mass is 294 g/mol. The Morgan fingerprint density at radius 1 is 0.818 bits per heavy atom. The highest BCUT2D eigenvalue weighted by Gasteiger charge is 2.10. The second-order valence-electron chi connectivity index (χ2n) is 5.26. The Balaban J connectivity index is 1.81. The van der Waals surface area contributed by atoms with Crippen LogP contribution in [0.3, 0.4) is 0 Å². The zero-order valence-electron chi connectivity index (χ0n) is 12.6. The zero-order chi connectivity index (χ0) is 15.5. The van der Waals surface area contributed by atoms with Gasteiger partial charge in [-0.25, -0.2) is 0 Å². The van der Waals surface area contributed by atoms with Crippen LogP contribution in [0.4, 0.5) is 0 Å². The fraction of sp³-hybridized carbons (Fsp3) is 0.158. The summed E-state index contributed by atoms with van der Waals surface area (Å²) in [6.45, 7) is 2.06. The van der Waals surface area contributed by atoms with Crippen LogP contribution in [0.2, 0.25) is 0 Å². The first kappa shape index (κ1) is 14.4. The lowest BCUT2D eigenvalue weighted by molar-refractivity contribution is -0.0193. The Bertz CT molecular complexity index is 778. The van der Waals surface area contributed by atoms with E-state index >= 15 is 0 Å². The second-order valence-corrected chi connectivity index (χ2v) is 5.26. The van der Waals surface area contributed by atoms with Crippen LogP contribution >= 0.6 is 0 Å². The SMILES string of the molecule is COc1ccc(OC(O)c2ccc3cc(C)ccc3c2)cc1. The lowest BCUT2D eigenvalue weighted by atomic mass is 10.0. The van der Waals surface area contributed by atoms with Crippen LogP contribution in [0.25, 0.3) is 10.8 Å². The summed E-state index contributed by atoms with van der Waals surface area (Å²) in [6, 6.07) is 19.2. The van der Waals surface area contributed by atoms with Crippen molar-refractivity contribution in [3.8, 4) is 11.5 Å². The first-order valence-corrected chi connectivity index (χ1v) is 7.15. The highest BCUT2D eigenvalue weighted by atomic mass is 16.6. The summed E-state index contributed by atoms with van der Waals surface area (Å²) in [5, 5.41) is 12.5. The normalized spacial score (nSPS) is 12.1. The van der Waals surface area contributed by atoms with E-state index in [0.717, 1.165) is 22.1 Å². The number of aryl methyl sites for hydroxylation is 1. The van der Waals surface area contributed by atoms with Crippen molar-refractivity contribution in [3.63, 3.8) is 0 Å². The van der Waals surface area contributed by atoms with Crippen molar-refractivity contribution in [2.45, 2.75) is 13.2 Å². The van der Waals surface area contributed by atoms with Gasteiger partial charge in [-0.2, -0.15) is 0 Å². The number of fused-ring (bicyclic) bond motifs is 1. The van der Waals surface area contributed by atoms with Crippen LogP contribution in [0.5, 0.6) is 11.5 Å². The smallest absolute Gasteiger partial charge is 0.224 e. The third kappa shape index (κ3) is 3.05. The fourth-order valence-corrected chi connectivity index (χ4v) is 2.39. The van der Waals surface area contributed by atoms with Crippen molar-refractivity contribution >= 4 is 10.8 Å². The zero-order valence-corrected chi connectivity index (χ0v) is 12.6. The number of aliphatic hydroxyl groups is 1. The molecular formula is C19H18O3. The molecule has 3 nitrogen and oxygen atoms in total. The molecule has 1 atom stereocenters. The molecular weight excluding hydrogens is 276 g/mol. The summed E-state index contributed by atoms with van der Waals surface area (Å²) in [5.41, 5.74) is 1.95. The predicted octanol–water partition coefficient (Wildman–Crippen LogP) is 4.23. The average Bonchev–Trinajstić information content (AvgIpc) is 2.55. The van der Waals surface area contributed by atoms with E-state index < -0.39 is 6.29 Å². The molecule has 22 heavy (non-hydrogen) atoms. The molecule has 112 valence electrons. The van der Waals surface area contributed by atoms with E-state index in [1.807, 2.05) is 24.3 Å². The molecule has 0 aromatic heterocycles. The maximum absolute atomic E-state index is 10.3. The lowest BCUT2D eigenvalue weighted by Gasteiger charge is -2.15. The van der Waals surface area contributed by atoms with Crippen molar-refractivity contribution in [1.29, 1.82) is 0 Å². The minimum atomic E-state index is -1.00. The molecule has 0 aliphatic rings. The molecule has 3 heteroatoms. The van der Waals surface area contributed by atoms with Gasteiger partial charge >= 0.3 is 0 Å². The molecule has 0 amide bonds. The molecule has 3 rings (SSSR count). The standard InChI is InChI=1S/C19H18O3/c1-13-3-4-15-12-16(6-5-14(15)11-13)19(20)22-18-9-7-17(21-2)8-10-18/h3-12,19-20H,1-2H3. The molecule has 0 fully saturated rings. The average molecular weight is 294 g/mol. The van der Waals surface area contributed by atoms with Crippen molar-refractivity contribution in [2.24, 2.45) is 0 Å². The Morgan fingerprint density at radius 2 is 1.45 bits per heavy atom. The van der Waals surface area contributed by atoms with Gasteiger partial charge in [0.15, 0.2) is 0 Å². The van der Waals surface area contributed by atoms with Gasteiger partial charge in [0.25, 0.3) is 0 Å². The van der Waals surface area contributed by atoms with E-state index in [0.29, 0.717) is 5.75 Å². The molecule has 0 aliphatic carbocycles. The molecule has 1 unspecified atom stereocenters. The Morgan fingerprint density at radius 3 is 2.18 bits per heavy atom. The lowest BCUT2D eigenvalue weighted by Crippen LogP contribution is -2.06. The number of hydrogen-bond donors (Lipinski definition) is 1. The summed E-state index contributed by atoms with van der Waals surface area (Å²) in [5.74, 6) is 1.35. The Kier molecular flexibility index (Phi) is 3.98. The molecule has 0 bridgehead atoms. The third-order valence-corrected chi connectivity index (χ3v) is 3.61. The molecule has 0 saturated carbocycles. The van der Waals surface area contributed by atoms with Gasteiger partial charge in [-0.15, -0.1) is 0 Å². The summed E-state index contributed by atoms with van der Waals surface area (Å²) in [7, 11) is 1.61. The van der Waals surface area contributed by atoms with Gasteiger partial charge in [0, 0.05) is 5.56 Å². The van der Waals surface area contributed by atoms with Gasteiger partial charge in [-0.1, -0.05) is 35.9 Å². The maximum Gasteiger partial charge on any atom is 0.224 e. The van der Waals surface area contributed by atoms with Crippen LogP contribution in [0.1, 0.15) is 17.4 Å². The summed E-state index contributed by atoms with van der Waals surface area (Å²) >= 11 is 0. The molecule has 0 aliphatic heterocycles. The summed E-state index contributed by atoms with van der Waals surface area (Å²) in [4.78, 5) is 0. The third-order valence-electron chi connectivity index (χ3n) is 3.61. The van der Waals surface area contributed by atoms with Crippen molar-refractivity contribution < 1.29 is 14.6 Å². The van der Waals surface area contributed by atoms with Gasteiger partial charge in [0.1, 0.15) is 11.5 Å². The van der Waals surface area contributed by atoms with E-state index in [-0.39, 0.29) is 0 Å². The van der Waals surface area contributed by atoms with Gasteiger partial charge in [-0.3, -0.25) is 0 Å². The number of aliphatic hydroxyl groups excluding tert-OH is 1. The molecule has 0 radical (unpaired) electrons. The Hall–Kier alpha value is -2.52. The second kappa shape index (κ2) is 6.08. The van der Waals surface area contributed by atoms with Gasteiger partial charge < -0.3 is 14.6 Å². The van der Waals surface area contributed by atoms with E-state index in [2.05, 4.69) is 19.1 Å². The first-order chi connectivity index (χ1) is 10.7. The van der Waals surface area contributed by atoms with E-state index in [1.165, 1.54) is 5.56 Å². The minimum absolute atomic E-state index is 0.595. The Labute approximate surface area is 129 Å². The van der Waals surface area contributed by atoms with Gasteiger partial charge in [0.2, 0.25) is 6.29 Å². The van der Waals surface area contributed by atoms with Crippen molar-refractivity contribution in [1.82, 2.24) is 0 Å². The number of ether oxygens (including phenoxy) is 2. The van der Waals surface area contributed by atoms with Crippen LogP contribution < -0.4 is 9.47 Å². The van der Waals surface area contributed by atoms with Gasteiger partial charge in [0.05, 0.1) is 7.11 Å². The molecule has 0 spiro atoms. The quantitative estimate of drug-likeness (QED) is 0.732. The van der Waals surface area contributed by atoms with Crippen LogP contribution in [-0.4, -0.2) is 12.2 Å². The highest BCUT2D eigenvalue weighted by Crippen LogP contribution is 2.25. The highest BCUT2D eigenvalue weighted by molar-refractivity contribution is 5.83. The van der Waals surface area contributed by atoms with Crippen LogP contribution in [0.15, 0.2) is 60.7 Å². The first-order valence-electron chi connectivity index (χ1n) is 7.15. The topological polar surface area (TPSA) is 38.7 Å². The number of benzene rings is 3. The maximum atomic E-state index is 10.3. The van der Waals surface area contributed by atoms with E-state index in [4.69, 9.17) is 9.47 Å². The fourth-order valence-electron chi connectivity index (χ4n) is 2.39. The molecule has 3 aromatic rings. The van der Waals surface area contributed by atoms with E-state index in [1.54, 1.807) is 31.4 Å². The number of hydrogen-bond acceptors (Lipinski definition) is 3. The van der Waals surface area contributed by atoms with Crippen LogP contribution in [0, 0.1) is 6.92 Å². The summed E-state index contributed by atoms with van der Waals surface area (Å²) < 4.78 is 10.7. The number of rotatable bonds is 4. The molecule has 0 saturated heterocycles. The van der Waals surface area contributed by atoms with Gasteiger partial charge in [-0.05, 0) is 48.0 Å². The summed E-state index contributed by atoms with van der Waals surface area (Å²) in [6.07, 6.45) is -1.00. The van der Waals surface area contributed by atoms with E-state index in [9.17, 15) is 5.11 Å². The molecule has 3 aromatic carbocycles. The minimum Gasteiger partial charge on any atom is -0.497 e. The number of methoxy groups -OCH3 is 1. The molecule has 0 heterocycles. The van der Waals surface area contributed by atoms with Crippen LogP contribution in [-0.2, 0) is 0 Å². The predicted molar refractivity (Wildman–Crippen MR) is 87.3 cm³/mol. The van der Waals surface area contributed by atoms with Crippen molar-refractivity contribution in [2.75, 3.05) is 7.11 Å².